The number of allylic oxidation sites excluding steroid dienone is 1. The zero-order valence-corrected chi connectivity index (χ0v) is 33.3. The molecule has 4 heteroatoms. The molecular weight excluding hydrogens is 695 g/mol. The largest absolute Gasteiger partial charge is 0.455 e. The van der Waals surface area contributed by atoms with Gasteiger partial charge in [-0.05, 0) is 97.3 Å². The van der Waals surface area contributed by atoms with E-state index in [1.807, 2.05) is 0 Å². The number of aryl methyl sites for hydroxylation is 1. The van der Waals surface area contributed by atoms with E-state index in [0.717, 1.165) is 41.5 Å². The van der Waals surface area contributed by atoms with E-state index in [-0.39, 0.29) is 10.8 Å². The number of nitrogens with zero attached hydrogens (tertiary/aromatic N) is 3. The molecule has 5 aromatic carbocycles. The SMILES string of the molecule is C=C1[n+]2ccccc2-c2ccccc2CCC2(C)c3cc4c(cc3-c3cc(CC(C)(C)C)cc[n+]3C12C)c1cccc2c3c5oc6ccccc6c5ccc3n4c12. The molecule has 0 bridgehead atoms. The Hall–Kier alpha value is -6.26. The van der Waals surface area contributed by atoms with Gasteiger partial charge < -0.3 is 8.82 Å². The first-order valence-corrected chi connectivity index (χ1v) is 20.5. The summed E-state index contributed by atoms with van der Waals surface area (Å²) in [6.45, 7) is 17.0. The Balaban J connectivity index is 1.21. The molecule has 5 aromatic heterocycles. The summed E-state index contributed by atoms with van der Waals surface area (Å²) in [7, 11) is 0. The molecule has 0 radical (unpaired) electrons. The standard InChI is InChI=1S/C53H45N3O/c1-32-53(6)52(5,25-23-34-14-7-8-15-35(34)43-19-11-12-26-54(32)43)42-30-46-40(29-41(42)45-28-33(24-27-55(45)53)31-51(2,3)4)37-17-13-18-39-48-44(56(46)49(37)39)22-21-38-36-16-9-10-20-47(36)57-50(38)48/h7-22,24,26-30H,1,23,25,31H2,2-6H3/q+2. The molecule has 0 spiro atoms. The molecule has 57 heavy (non-hydrogen) atoms. The van der Waals surface area contributed by atoms with E-state index in [9.17, 15) is 0 Å². The Morgan fingerprint density at radius 3 is 2.37 bits per heavy atom. The number of furan rings is 1. The maximum atomic E-state index is 6.69. The highest BCUT2D eigenvalue weighted by Gasteiger charge is 2.64. The van der Waals surface area contributed by atoms with Crippen molar-refractivity contribution in [1.29, 1.82) is 0 Å². The number of rotatable bonds is 1. The van der Waals surface area contributed by atoms with Crippen LogP contribution in [0.15, 0.2) is 145 Å². The Kier molecular flexibility index (Phi) is 6.34. The van der Waals surface area contributed by atoms with Gasteiger partial charge in [-0.3, -0.25) is 0 Å². The number of pyridine rings is 2. The highest BCUT2D eigenvalue weighted by molar-refractivity contribution is 6.29. The Bertz CT molecular complexity index is 3370. The molecule has 0 fully saturated rings. The second-order valence-corrected chi connectivity index (χ2v) is 18.4. The molecule has 2 unspecified atom stereocenters. The summed E-state index contributed by atoms with van der Waals surface area (Å²) in [5.74, 6) is 0. The van der Waals surface area contributed by atoms with Crippen LogP contribution in [0, 0.1) is 5.41 Å². The molecule has 0 saturated carbocycles. The van der Waals surface area contributed by atoms with Crippen molar-refractivity contribution in [3.05, 3.63) is 157 Å². The lowest BCUT2D eigenvalue weighted by molar-refractivity contribution is -0.769. The zero-order chi connectivity index (χ0) is 38.6. The molecule has 12 rings (SSSR count). The average molecular weight is 740 g/mol. The molecular formula is C53H45N3O+2. The van der Waals surface area contributed by atoms with Crippen LogP contribution in [0.3, 0.4) is 0 Å². The fourth-order valence-corrected chi connectivity index (χ4v) is 11.2. The summed E-state index contributed by atoms with van der Waals surface area (Å²) >= 11 is 0. The second kappa shape index (κ2) is 11.0. The second-order valence-electron chi connectivity index (χ2n) is 18.4. The number of hydrogen-bond donors (Lipinski definition) is 0. The van der Waals surface area contributed by atoms with Gasteiger partial charge in [-0.2, -0.15) is 9.13 Å². The molecule has 0 N–H and O–H groups in total. The number of hydrogen-bond acceptors (Lipinski definition) is 1. The van der Waals surface area contributed by atoms with Crippen LogP contribution < -0.4 is 9.13 Å². The maximum Gasteiger partial charge on any atom is 0.257 e. The predicted molar refractivity (Wildman–Crippen MR) is 234 cm³/mol. The molecule has 10 aromatic rings. The van der Waals surface area contributed by atoms with E-state index >= 15 is 0 Å². The van der Waals surface area contributed by atoms with Gasteiger partial charge in [-0.25, -0.2) is 0 Å². The van der Waals surface area contributed by atoms with E-state index in [2.05, 4.69) is 182 Å². The van der Waals surface area contributed by atoms with Crippen molar-refractivity contribution in [3.8, 4) is 22.5 Å². The minimum absolute atomic E-state index is 0.153. The Morgan fingerprint density at radius 1 is 0.702 bits per heavy atom. The van der Waals surface area contributed by atoms with Gasteiger partial charge in [0, 0.05) is 63.7 Å². The Labute approximate surface area is 332 Å². The third-order valence-corrected chi connectivity index (χ3v) is 14.0. The van der Waals surface area contributed by atoms with Crippen molar-refractivity contribution in [3.63, 3.8) is 0 Å². The molecule has 0 saturated heterocycles. The summed E-state index contributed by atoms with van der Waals surface area (Å²) < 4.78 is 14.2. The van der Waals surface area contributed by atoms with Crippen molar-refractivity contribution >= 4 is 65.7 Å². The smallest absolute Gasteiger partial charge is 0.257 e. The van der Waals surface area contributed by atoms with Crippen LogP contribution in [0.2, 0.25) is 0 Å². The maximum absolute atomic E-state index is 6.69. The molecule has 4 nitrogen and oxygen atoms in total. The molecule has 276 valence electrons. The van der Waals surface area contributed by atoms with Gasteiger partial charge in [-0.15, -0.1) is 0 Å². The molecule has 7 heterocycles. The average Bonchev–Trinajstić information content (AvgIpc) is 3.88. The van der Waals surface area contributed by atoms with E-state index in [1.54, 1.807) is 0 Å². The first-order valence-electron chi connectivity index (χ1n) is 20.5. The van der Waals surface area contributed by atoms with Crippen LogP contribution in [0.25, 0.3) is 88.2 Å². The van der Waals surface area contributed by atoms with Crippen LogP contribution in [-0.4, -0.2) is 4.40 Å². The van der Waals surface area contributed by atoms with Crippen LogP contribution in [0.5, 0.6) is 0 Å². The van der Waals surface area contributed by atoms with Crippen LogP contribution in [0.1, 0.15) is 57.7 Å². The van der Waals surface area contributed by atoms with Crippen molar-refractivity contribution in [2.24, 2.45) is 5.41 Å². The van der Waals surface area contributed by atoms with Crippen molar-refractivity contribution in [2.45, 2.75) is 64.8 Å². The van der Waals surface area contributed by atoms with Crippen LogP contribution >= 0.6 is 0 Å². The lowest BCUT2D eigenvalue weighted by Gasteiger charge is -2.45. The number of aromatic nitrogens is 3. The molecule has 2 aliphatic rings. The van der Waals surface area contributed by atoms with Crippen LogP contribution in [0.4, 0.5) is 0 Å². The minimum atomic E-state index is -0.521. The first kappa shape index (κ1) is 32.9. The van der Waals surface area contributed by atoms with Crippen molar-refractivity contribution in [1.82, 2.24) is 4.40 Å². The lowest BCUT2D eigenvalue weighted by Crippen LogP contribution is -2.71. The van der Waals surface area contributed by atoms with Gasteiger partial charge in [-0.1, -0.05) is 75.4 Å². The number of benzene rings is 5. The summed E-state index contributed by atoms with van der Waals surface area (Å²) in [5.41, 5.74) is 15.1. The summed E-state index contributed by atoms with van der Waals surface area (Å²) in [6, 6.07) is 45.3. The zero-order valence-electron chi connectivity index (χ0n) is 33.3. The number of para-hydroxylation sites is 2. The van der Waals surface area contributed by atoms with Gasteiger partial charge in [0.2, 0.25) is 11.4 Å². The monoisotopic (exact) mass is 739 g/mol. The summed E-state index contributed by atoms with van der Waals surface area (Å²) in [6.07, 6.45) is 7.48. The van der Waals surface area contributed by atoms with Gasteiger partial charge in [0.05, 0.1) is 32.9 Å². The number of fused-ring (bicyclic) bond motifs is 19. The van der Waals surface area contributed by atoms with Crippen molar-refractivity contribution < 1.29 is 13.6 Å². The highest BCUT2D eigenvalue weighted by Crippen LogP contribution is 2.55. The van der Waals surface area contributed by atoms with E-state index in [4.69, 9.17) is 11.0 Å². The Morgan fingerprint density at radius 2 is 1.49 bits per heavy atom. The van der Waals surface area contributed by atoms with Gasteiger partial charge in [0.15, 0.2) is 12.4 Å². The minimum Gasteiger partial charge on any atom is -0.455 e. The van der Waals surface area contributed by atoms with Crippen molar-refractivity contribution in [2.75, 3.05) is 0 Å². The quantitative estimate of drug-likeness (QED) is 0.154. The predicted octanol–water partition coefficient (Wildman–Crippen LogP) is 12.3. The highest BCUT2D eigenvalue weighted by atomic mass is 16.3. The lowest BCUT2D eigenvalue weighted by atomic mass is 9.59. The molecule has 0 amide bonds. The summed E-state index contributed by atoms with van der Waals surface area (Å²) in [5, 5.41) is 7.31. The molecule has 2 aliphatic heterocycles. The van der Waals surface area contributed by atoms with Crippen LogP contribution in [-0.2, 0) is 23.8 Å². The first-order chi connectivity index (χ1) is 27.5. The van der Waals surface area contributed by atoms with Gasteiger partial charge in [0.1, 0.15) is 11.2 Å². The molecule has 2 atom stereocenters. The van der Waals surface area contributed by atoms with E-state index < -0.39 is 5.54 Å². The fourth-order valence-electron chi connectivity index (χ4n) is 11.2. The normalized spacial score (nSPS) is 19.4. The third kappa shape index (κ3) is 4.18. The fraction of sp³-hybridized carbons (Fsp3) is 0.208. The molecule has 0 aliphatic carbocycles. The van der Waals surface area contributed by atoms with E-state index in [0.29, 0.717) is 0 Å². The third-order valence-electron chi connectivity index (χ3n) is 14.0. The van der Waals surface area contributed by atoms with Gasteiger partial charge in [0.25, 0.3) is 11.2 Å². The van der Waals surface area contributed by atoms with Gasteiger partial charge >= 0.3 is 0 Å². The topological polar surface area (TPSA) is 25.3 Å². The van der Waals surface area contributed by atoms with E-state index in [1.165, 1.54) is 82.7 Å². The summed E-state index contributed by atoms with van der Waals surface area (Å²) in [4.78, 5) is 0.